The van der Waals surface area contributed by atoms with Crippen LogP contribution in [-0.2, 0) is 0 Å². The number of hydrogen-bond acceptors (Lipinski definition) is 3. The Bertz CT molecular complexity index is 349. The maximum Gasteiger partial charge on any atom is 0.252 e. The highest BCUT2D eigenvalue weighted by Gasteiger charge is 2.10. The van der Waals surface area contributed by atoms with Crippen molar-refractivity contribution in [3.63, 3.8) is 0 Å². The first-order valence-electron chi connectivity index (χ1n) is 4.23. The van der Waals surface area contributed by atoms with Crippen LogP contribution in [0.5, 0.6) is 0 Å². The molecule has 0 aliphatic heterocycles. The molecule has 0 fully saturated rings. The molecule has 0 unspecified atom stereocenters. The van der Waals surface area contributed by atoms with Crippen molar-refractivity contribution in [1.29, 1.82) is 0 Å². The molecule has 1 aromatic rings. The summed E-state index contributed by atoms with van der Waals surface area (Å²) in [7, 11) is 0. The van der Waals surface area contributed by atoms with E-state index in [1.54, 1.807) is 6.92 Å². The van der Waals surface area contributed by atoms with Gasteiger partial charge >= 0.3 is 0 Å². The minimum absolute atomic E-state index is 0.0762. The molecule has 0 radical (unpaired) electrons. The molecule has 1 aromatic heterocycles. The van der Waals surface area contributed by atoms with Crippen LogP contribution in [0.1, 0.15) is 26.6 Å². The first-order chi connectivity index (χ1) is 5.87. The van der Waals surface area contributed by atoms with Crippen molar-refractivity contribution < 1.29 is 0 Å². The molecule has 0 aromatic carbocycles. The van der Waals surface area contributed by atoms with E-state index >= 15 is 0 Å². The van der Waals surface area contributed by atoms with Crippen LogP contribution in [0.3, 0.4) is 0 Å². The Balaban J connectivity index is 2.96. The number of nitrogens with one attached hydrogen (secondary N) is 2. The molecule has 0 amide bonds. The summed E-state index contributed by atoms with van der Waals surface area (Å²) >= 11 is 0. The fourth-order valence-electron chi connectivity index (χ4n) is 1.03. The van der Waals surface area contributed by atoms with Gasteiger partial charge in [-0.05, 0) is 27.7 Å². The fourth-order valence-corrected chi connectivity index (χ4v) is 1.03. The van der Waals surface area contributed by atoms with Gasteiger partial charge in [-0.1, -0.05) is 0 Å². The molecule has 0 aliphatic rings. The van der Waals surface area contributed by atoms with Gasteiger partial charge in [0.05, 0.1) is 0 Å². The standard InChI is InChI=1S/C9H15N3O/c1-6-10-7(5-8(13)11-6)12-9(2,3)4/h5H,1-4H3,(H2,10,11,12,13). The van der Waals surface area contributed by atoms with Crippen molar-refractivity contribution in [2.45, 2.75) is 33.2 Å². The van der Waals surface area contributed by atoms with Crippen LogP contribution in [-0.4, -0.2) is 15.5 Å². The Kier molecular flexibility index (Phi) is 2.40. The molecule has 2 N–H and O–H groups in total. The Hall–Kier alpha value is -1.32. The van der Waals surface area contributed by atoms with Crippen LogP contribution < -0.4 is 10.9 Å². The highest BCUT2D eigenvalue weighted by Crippen LogP contribution is 2.09. The number of anilines is 1. The molecule has 0 atom stereocenters. The van der Waals surface area contributed by atoms with Gasteiger partial charge in [-0.15, -0.1) is 0 Å². The lowest BCUT2D eigenvalue weighted by atomic mass is 10.1. The molecular weight excluding hydrogens is 166 g/mol. The zero-order valence-electron chi connectivity index (χ0n) is 8.43. The van der Waals surface area contributed by atoms with E-state index in [-0.39, 0.29) is 11.1 Å². The molecule has 0 bridgehead atoms. The number of H-pyrrole nitrogens is 1. The summed E-state index contributed by atoms with van der Waals surface area (Å²) in [6, 6.07) is 1.46. The van der Waals surface area contributed by atoms with E-state index in [4.69, 9.17) is 0 Å². The fraction of sp³-hybridized carbons (Fsp3) is 0.556. The number of rotatable bonds is 1. The summed E-state index contributed by atoms with van der Waals surface area (Å²) in [5, 5.41) is 3.13. The van der Waals surface area contributed by atoms with Gasteiger partial charge in [-0.3, -0.25) is 4.79 Å². The topological polar surface area (TPSA) is 57.8 Å². The first-order valence-corrected chi connectivity index (χ1v) is 4.23. The number of aryl methyl sites for hydroxylation is 1. The van der Waals surface area contributed by atoms with Crippen LogP contribution >= 0.6 is 0 Å². The highest BCUT2D eigenvalue weighted by molar-refractivity contribution is 5.35. The van der Waals surface area contributed by atoms with Crippen LogP contribution in [0.15, 0.2) is 10.9 Å². The van der Waals surface area contributed by atoms with Crippen molar-refractivity contribution >= 4 is 5.82 Å². The molecule has 4 nitrogen and oxygen atoms in total. The Morgan fingerprint density at radius 3 is 2.54 bits per heavy atom. The van der Waals surface area contributed by atoms with Crippen molar-refractivity contribution in [3.8, 4) is 0 Å². The lowest BCUT2D eigenvalue weighted by molar-refractivity contribution is 0.629. The van der Waals surface area contributed by atoms with Crippen molar-refractivity contribution in [2.24, 2.45) is 0 Å². The number of nitrogens with zero attached hydrogens (tertiary/aromatic N) is 1. The minimum Gasteiger partial charge on any atom is -0.365 e. The SMILES string of the molecule is Cc1nc(NC(C)(C)C)cc(=O)[nH]1. The third-order valence-electron chi connectivity index (χ3n) is 1.36. The molecule has 0 saturated heterocycles. The second-order valence-corrected chi connectivity index (χ2v) is 4.09. The molecule has 0 aliphatic carbocycles. The van der Waals surface area contributed by atoms with Gasteiger partial charge in [0, 0.05) is 11.6 Å². The van der Waals surface area contributed by atoms with E-state index < -0.39 is 0 Å². The molecule has 0 saturated carbocycles. The molecule has 1 rings (SSSR count). The first kappa shape index (κ1) is 9.77. The monoisotopic (exact) mass is 181 g/mol. The third-order valence-corrected chi connectivity index (χ3v) is 1.36. The van der Waals surface area contributed by atoms with Gasteiger partial charge in [0.25, 0.3) is 5.56 Å². The summed E-state index contributed by atoms with van der Waals surface area (Å²) in [4.78, 5) is 17.8. The smallest absolute Gasteiger partial charge is 0.252 e. The van der Waals surface area contributed by atoms with Crippen LogP contribution in [0, 0.1) is 6.92 Å². The van der Waals surface area contributed by atoms with Crippen LogP contribution in [0.4, 0.5) is 5.82 Å². The van der Waals surface area contributed by atoms with Crippen molar-refractivity contribution in [1.82, 2.24) is 9.97 Å². The predicted octanol–water partition coefficient (Wildman–Crippen LogP) is 1.29. The van der Waals surface area contributed by atoms with E-state index in [1.807, 2.05) is 20.8 Å². The molecular formula is C9H15N3O. The highest BCUT2D eigenvalue weighted by atomic mass is 16.1. The van der Waals surface area contributed by atoms with Gasteiger partial charge in [-0.2, -0.15) is 0 Å². The van der Waals surface area contributed by atoms with Crippen LogP contribution in [0.2, 0.25) is 0 Å². The number of hydrogen-bond donors (Lipinski definition) is 2. The van der Waals surface area contributed by atoms with Gasteiger partial charge < -0.3 is 10.3 Å². The largest absolute Gasteiger partial charge is 0.365 e. The van der Waals surface area contributed by atoms with Gasteiger partial charge in [0.15, 0.2) is 0 Å². The van der Waals surface area contributed by atoms with E-state index in [0.29, 0.717) is 11.6 Å². The van der Waals surface area contributed by atoms with Gasteiger partial charge in [0.1, 0.15) is 11.6 Å². The van der Waals surface area contributed by atoms with Gasteiger partial charge in [0.2, 0.25) is 0 Å². The van der Waals surface area contributed by atoms with E-state index in [1.165, 1.54) is 6.07 Å². The second-order valence-electron chi connectivity index (χ2n) is 4.09. The zero-order valence-corrected chi connectivity index (χ0v) is 8.43. The molecule has 72 valence electrons. The molecule has 1 heterocycles. The van der Waals surface area contributed by atoms with Crippen molar-refractivity contribution in [2.75, 3.05) is 5.32 Å². The lowest BCUT2D eigenvalue weighted by Gasteiger charge is -2.20. The maximum atomic E-state index is 11.1. The Labute approximate surface area is 77.4 Å². The van der Waals surface area contributed by atoms with E-state index in [0.717, 1.165) is 0 Å². The summed E-state index contributed by atoms with van der Waals surface area (Å²) in [5.74, 6) is 1.24. The predicted molar refractivity (Wildman–Crippen MR) is 53.0 cm³/mol. The summed E-state index contributed by atoms with van der Waals surface area (Å²) in [6.45, 7) is 7.82. The summed E-state index contributed by atoms with van der Waals surface area (Å²) in [6.07, 6.45) is 0. The normalized spacial score (nSPS) is 11.4. The van der Waals surface area contributed by atoms with Gasteiger partial charge in [-0.25, -0.2) is 4.98 Å². The summed E-state index contributed by atoms with van der Waals surface area (Å²) in [5.41, 5.74) is -0.202. The average molecular weight is 181 g/mol. The number of aromatic nitrogens is 2. The number of aromatic amines is 1. The maximum absolute atomic E-state index is 11.1. The Morgan fingerprint density at radius 1 is 1.46 bits per heavy atom. The molecule has 4 heteroatoms. The van der Waals surface area contributed by atoms with Crippen LogP contribution in [0.25, 0.3) is 0 Å². The minimum atomic E-state index is -0.126. The Morgan fingerprint density at radius 2 is 2.08 bits per heavy atom. The zero-order chi connectivity index (χ0) is 10.1. The average Bonchev–Trinajstić information content (AvgIpc) is 1.78. The second kappa shape index (κ2) is 3.20. The quantitative estimate of drug-likeness (QED) is 0.686. The van der Waals surface area contributed by atoms with Crippen molar-refractivity contribution in [3.05, 3.63) is 22.2 Å². The molecule has 0 spiro atoms. The molecule has 13 heavy (non-hydrogen) atoms. The summed E-state index contributed by atoms with van der Waals surface area (Å²) < 4.78 is 0. The third kappa shape index (κ3) is 3.27. The van der Waals surface area contributed by atoms with E-state index in [9.17, 15) is 4.79 Å². The van der Waals surface area contributed by atoms with E-state index in [2.05, 4.69) is 15.3 Å². The lowest BCUT2D eigenvalue weighted by Crippen LogP contribution is -2.28.